The maximum absolute atomic E-state index is 11.6. The van der Waals surface area contributed by atoms with Crippen LogP contribution in [0.2, 0.25) is 5.02 Å². The molecule has 0 saturated heterocycles. The molecule has 1 aromatic carbocycles. The molecule has 1 aromatic rings. The average Bonchev–Trinajstić information content (AvgIpc) is 2.46. The molecule has 0 spiro atoms. The van der Waals surface area contributed by atoms with Crippen molar-refractivity contribution >= 4 is 29.2 Å². The molecule has 0 radical (unpaired) electrons. The molecule has 0 aliphatic heterocycles. The van der Waals surface area contributed by atoms with Crippen LogP contribution in [0.15, 0.2) is 24.3 Å². The van der Waals surface area contributed by atoms with Crippen LogP contribution in [0.25, 0.3) is 0 Å². The molecule has 1 N–H and O–H groups in total. The zero-order chi connectivity index (χ0) is 15.5. The van der Waals surface area contributed by atoms with E-state index in [0.29, 0.717) is 10.7 Å². The lowest BCUT2D eigenvalue weighted by molar-refractivity contribution is -0.152. The number of carbonyl (C=O) groups excluding carboxylic acids is 2. The van der Waals surface area contributed by atoms with Crippen molar-refractivity contribution in [1.82, 2.24) is 0 Å². The highest BCUT2D eigenvalue weighted by atomic mass is 35.5. The second-order valence-corrected chi connectivity index (χ2v) is 5.30. The van der Waals surface area contributed by atoms with Crippen molar-refractivity contribution in [1.29, 1.82) is 0 Å². The topological polar surface area (TPSA) is 55.4 Å². The highest BCUT2D eigenvalue weighted by Gasteiger charge is 2.15. The second kappa shape index (κ2) is 10.2. The quantitative estimate of drug-likeness (QED) is 0.445. The molecule has 4 nitrogen and oxygen atoms in total. The number of nitrogens with one attached hydrogen (secondary N) is 1. The number of esters is 1. The summed E-state index contributed by atoms with van der Waals surface area (Å²) in [4.78, 5) is 23.1. The molecule has 0 aliphatic carbocycles. The summed E-state index contributed by atoms with van der Waals surface area (Å²) in [6.07, 6.45) is 6.60. The van der Waals surface area contributed by atoms with Crippen molar-refractivity contribution in [2.45, 2.75) is 45.4 Å². The monoisotopic (exact) mass is 311 g/mol. The van der Waals surface area contributed by atoms with E-state index in [4.69, 9.17) is 16.3 Å². The minimum atomic E-state index is -0.858. The Balaban J connectivity index is 2.18. The number of halogens is 1. The molecule has 21 heavy (non-hydrogen) atoms. The van der Waals surface area contributed by atoms with Crippen LogP contribution in [-0.2, 0) is 14.3 Å². The molecule has 0 bridgehead atoms. The van der Waals surface area contributed by atoms with Gasteiger partial charge in [-0.3, -0.25) is 4.79 Å². The summed E-state index contributed by atoms with van der Waals surface area (Å²) >= 11 is 5.79. The van der Waals surface area contributed by atoms with Crippen molar-refractivity contribution in [3.8, 4) is 0 Å². The van der Waals surface area contributed by atoms with Crippen molar-refractivity contribution in [3.63, 3.8) is 0 Å². The number of rotatable bonds is 8. The minimum Gasteiger partial charge on any atom is -0.459 e. The van der Waals surface area contributed by atoms with Gasteiger partial charge in [0.25, 0.3) is 0 Å². The number of amides is 1. The summed E-state index contributed by atoms with van der Waals surface area (Å²) in [7, 11) is 0. The van der Waals surface area contributed by atoms with Crippen LogP contribution in [-0.4, -0.2) is 18.5 Å². The zero-order valence-corrected chi connectivity index (χ0v) is 13.1. The van der Waals surface area contributed by atoms with Gasteiger partial charge >= 0.3 is 11.9 Å². The predicted molar refractivity (Wildman–Crippen MR) is 84.4 cm³/mol. The van der Waals surface area contributed by atoms with Gasteiger partial charge in [-0.1, -0.05) is 56.7 Å². The fourth-order valence-electron chi connectivity index (χ4n) is 1.86. The van der Waals surface area contributed by atoms with Crippen LogP contribution in [0.4, 0.5) is 5.69 Å². The molecule has 0 fully saturated rings. The number of ether oxygens (including phenoxy) is 1. The van der Waals surface area contributed by atoms with Crippen molar-refractivity contribution in [2.75, 3.05) is 11.9 Å². The van der Waals surface area contributed by atoms with E-state index in [1.165, 1.54) is 19.3 Å². The van der Waals surface area contributed by atoms with Crippen LogP contribution < -0.4 is 5.32 Å². The van der Waals surface area contributed by atoms with Gasteiger partial charge in [0.2, 0.25) is 0 Å². The Labute approximate surface area is 130 Å². The smallest absolute Gasteiger partial charge is 0.397 e. The summed E-state index contributed by atoms with van der Waals surface area (Å²) in [5.41, 5.74) is 0.476. The van der Waals surface area contributed by atoms with E-state index in [-0.39, 0.29) is 6.61 Å². The number of unbranched alkanes of at least 4 members (excludes halogenated alkanes) is 5. The normalized spacial score (nSPS) is 10.2. The molecule has 0 aromatic heterocycles. The second-order valence-electron chi connectivity index (χ2n) is 4.87. The maximum Gasteiger partial charge on any atom is 0.397 e. The summed E-state index contributed by atoms with van der Waals surface area (Å²) in [5.74, 6) is -1.63. The molecule has 0 aliphatic rings. The predicted octanol–water partition coefficient (Wildman–Crippen LogP) is 4.18. The molecule has 5 heteroatoms. The Hall–Kier alpha value is -1.55. The van der Waals surface area contributed by atoms with E-state index in [0.717, 1.165) is 19.3 Å². The Morgan fingerprint density at radius 1 is 1.14 bits per heavy atom. The number of hydrogen-bond donors (Lipinski definition) is 1. The molecule has 0 atom stereocenters. The van der Waals surface area contributed by atoms with Crippen LogP contribution >= 0.6 is 11.6 Å². The minimum absolute atomic E-state index is 0.286. The van der Waals surface area contributed by atoms with Crippen LogP contribution in [0.1, 0.15) is 45.4 Å². The summed E-state index contributed by atoms with van der Waals surface area (Å²) in [6, 6.07) is 6.61. The van der Waals surface area contributed by atoms with Gasteiger partial charge in [0.05, 0.1) is 6.61 Å². The third-order valence-corrected chi connectivity index (χ3v) is 3.23. The van der Waals surface area contributed by atoms with Crippen molar-refractivity contribution < 1.29 is 14.3 Å². The standard InChI is InChI=1S/C16H22ClNO3/c1-2-3-4-5-6-7-11-21-16(20)15(19)18-14-10-8-9-13(17)12-14/h8-10,12H,2-7,11H2,1H3,(H,18,19). The molecule has 0 saturated carbocycles. The summed E-state index contributed by atoms with van der Waals surface area (Å²) < 4.78 is 4.93. The van der Waals surface area contributed by atoms with Gasteiger partial charge in [-0.15, -0.1) is 0 Å². The Kier molecular flexibility index (Phi) is 8.51. The van der Waals surface area contributed by atoms with Crippen LogP contribution in [0.5, 0.6) is 0 Å². The molecular formula is C16H22ClNO3. The molecule has 1 rings (SSSR count). The first kappa shape index (κ1) is 17.5. The SMILES string of the molecule is CCCCCCCCOC(=O)C(=O)Nc1cccc(Cl)c1. The van der Waals surface area contributed by atoms with Gasteiger partial charge in [0.15, 0.2) is 0 Å². The Bertz CT molecular complexity index is 463. The summed E-state index contributed by atoms with van der Waals surface area (Å²) in [6.45, 7) is 2.45. The number of anilines is 1. The fraction of sp³-hybridized carbons (Fsp3) is 0.500. The first-order valence-electron chi connectivity index (χ1n) is 7.37. The lowest BCUT2D eigenvalue weighted by atomic mass is 10.1. The van der Waals surface area contributed by atoms with Gasteiger partial charge < -0.3 is 10.1 Å². The molecule has 0 heterocycles. The molecular weight excluding hydrogens is 290 g/mol. The largest absolute Gasteiger partial charge is 0.459 e. The number of benzene rings is 1. The first-order chi connectivity index (χ1) is 10.1. The molecule has 1 amide bonds. The Morgan fingerprint density at radius 3 is 2.57 bits per heavy atom. The van der Waals surface area contributed by atoms with Crippen molar-refractivity contribution in [3.05, 3.63) is 29.3 Å². The van der Waals surface area contributed by atoms with Gasteiger partial charge in [0, 0.05) is 10.7 Å². The highest BCUT2D eigenvalue weighted by molar-refractivity contribution is 6.37. The molecule has 116 valence electrons. The van der Waals surface area contributed by atoms with E-state index in [1.807, 2.05) is 0 Å². The van der Waals surface area contributed by atoms with Crippen molar-refractivity contribution in [2.24, 2.45) is 0 Å². The zero-order valence-electron chi connectivity index (χ0n) is 12.4. The maximum atomic E-state index is 11.6. The average molecular weight is 312 g/mol. The first-order valence-corrected chi connectivity index (χ1v) is 7.75. The van der Waals surface area contributed by atoms with Crippen LogP contribution in [0.3, 0.4) is 0 Å². The van der Waals surface area contributed by atoms with Gasteiger partial charge in [-0.05, 0) is 24.6 Å². The highest BCUT2D eigenvalue weighted by Crippen LogP contribution is 2.14. The lowest BCUT2D eigenvalue weighted by Gasteiger charge is -2.06. The van der Waals surface area contributed by atoms with Gasteiger partial charge in [-0.2, -0.15) is 0 Å². The van der Waals surface area contributed by atoms with E-state index in [9.17, 15) is 9.59 Å². The Morgan fingerprint density at radius 2 is 1.86 bits per heavy atom. The fourth-order valence-corrected chi connectivity index (χ4v) is 2.05. The third-order valence-electron chi connectivity index (χ3n) is 3.00. The van der Waals surface area contributed by atoms with Gasteiger partial charge in [0.1, 0.15) is 0 Å². The van der Waals surface area contributed by atoms with E-state index in [1.54, 1.807) is 24.3 Å². The summed E-state index contributed by atoms with van der Waals surface area (Å²) in [5, 5.41) is 2.95. The van der Waals surface area contributed by atoms with Crippen LogP contribution in [0, 0.1) is 0 Å². The lowest BCUT2D eigenvalue weighted by Crippen LogP contribution is -2.25. The molecule has 0 unspecified atom stereocenters. The number of hydrogen-bond acceptors (Lipinski definition) is 3. The van der Waals surface area contributed by atoms with E-state index < -0.39 is 11.9 Å². The van der Waals surface area contributed by atoms with Gasteiger partial charge in [-0.25, -0.2) is 4.79 Å². The third kappa shape index (κ3) is 7.71. The number of carbonyl (C=O) groups is 2. The van der Waals surface area contributed by atoms with E-state index in [2.05, 4.69) is 12.2 Å². The van der Waals surface area contributed by atoms with E-state index >= 15 is 0 Å².